The van der Waals surface area contributed by atoms with Gasteiger partial charge in [0.05, 0.1) is 5.60 Å². The molecule has 20 rings (SSSR count). The molecule has 11 fully saturated rings. The molecule has 0 amide bonds. The first-order valence-corrected chi connectivity index (χ1v) is 53.2. The summed E-state index contributed by atoms with van der Waals surface area (Å²) in [5.74, 6) is 9.42. The molecule has 3 aromatic carbocycles. The largest absolute Gasteiger partial charge is 0.508 e. The van der Waals surface area contributed by atoms with Crippen LogP contribution in [0.4, 0.5) is 22.0 Å². The molecule has 0 aromatic heterocycles. The molecular formula is C111H147Cl4F5O10. The lowest BCUT2D eigenvalue weighted by Crippen LogP contribution is -2.54. The van der Waals surface area contributed by atoms with Crippen molar-refractivity contribution in [2.75, 3.05) is 23.5 Å². The van der Waals surface area contributed by atoms with Crippen LogP contribution in [0.25, 0.3) is 0 Å². The summed E-state index contributed by atoms with van der Waals surface area (Å²) < 4.78 is 77.4. The lowest BCUT2D eigenvalue weighted by molar-refractivity contribution is -0.139. The number of aliphatic hydroxyl groups is 1. The van der Waals surface area contributed by atoms with E-state index in [4.69, 9.17) is 46.4 Å². The molecule has 11 saturated carbocycles. The zero-order valence-electron chi connectivity index (χ0n) is 78.1. The van der Waals surface area contributed by atoms with E-state index in [1.54, 1.807) is 24.3 Å². The topological polar surface area (TPSA) is 183 Å². The van der Waals surface area contributed by atoms with Crippen LogP contribution >= 0.6 is 46.4 Å². The molecule has 32 atom stereocenters. The third-order valence-electron chi connectivity index (χ3n) is 38.9. The van der Waals surface area contributed by atoms with E-state index in [0.29, 0.717) is 147 Å². The van der Waals surface area contributed by atoms with Crippen LogP contribution < -0.4 is 0 Å². The van der Waals surface area contributed by atoms with Crippen LogP contribution in [-0.2, 0) is 48.0 Å². The maximum atomic E-state index is 15.8. The fourth-order valence-corrected chi connectivity index (χ4v) is 33.3. The lowest BCUT2D eigenvalue weighted by atomic mass is 9.48. The predicted octanol–water partition coefficient (Wildman–Crippen LogP) is 26.6. The number of aromatic hydroxyl groups is 3. The van der Waals surface area contributed by atoms with E-state index in [2.05, 4.69) is 13.0 Å². The number of benzene rings is 3. The summed E-state index contributed by atoms with van der Waals surface area (Å²) in [6.07, 6.45) is 36.3. The van der Waals surface area contributed by atoms with Crippen molar-refractivity contribution in [3.8, 4) is 17.2 Å². The number of carbonyl (C=O) groups is 6. The Morgan fingerprint density at radius 2 is 0.715 bits per heavy atom. The summed E-state index contributed by atoms with van der Waals surface area (Å²) in [5, 5.41) is 41.0. The first-order valence-electron chi connectivity index (χ1n) is 51.1. The van der Waals surface area contributed by atoms with E-state index in [1.807, 2.05) is 83.2 Å². The van der Waals surface area contributed by atoms with E-state index >= 15 is 17.6 Å². The van der Waals surface area contributed by atoms with Crippen molar-refractivity contribution in [2.45, 2.75) is 346 Å². The lowest BCUT2D eigenvalue weighted by Gasteiger charge is -2.56. The fraction of sp³-hybridized carbons (Fsp3) is 0.730. The molecule has 130 heavy (non-hydrogen) atoms. The van der Waals surface area contributed by atoms with Gasteiger partial charge >= 0.3 is 0 Å². The number of hydrogen-bond donors (Lipinski definition) is 4. The fourth-order valence-electron chi connectivity index (χ4n) is 32.6. The van der Waals surface area contributed by atoms with Gasteiger partial charge in [-0.25, -0.2) is 22.0 Å². The quantitative estimate of drug-likeness (QED) is 0.0482. The van der Waals surface area contributed by atoms with Crippen molar-refractivity contribution >= 4 is 81.1 Å². The average Bonchev–Trinajstić information content (AvgIpc) is 1.51. The van der Waals surface area contributed by atoms with Gasteiger partial charge < -0.3 is 20.4 Å². The van der Waals surface area contributed by atoms with Crippen molar-refractivity contribution in [2.24, 2.45) is 134 Å². The number of phenols is 3. The van der Waals surface area contributed by atoms with Crippen LogP contribution in [0.1, 0.15) is 324 Å². The summed E-state index contributed by atoms with van der Waals surface area (Å²) >= 11 is 23.3. The number of allylic oxidation sites excluding steroid dienone is 5. The zero-order chi connectivity index (χ0) is 92.4. The number of rotatable bonds is 20. The van der Waals surface area contributed by atoms with Crippen molar-refractivity contribution in [3.63, 3.8) is 0 Å². The van der Waals surface area contributed by atoms with Gasteiger partial charge in [-0.05, 0) is 350 Å². The van der Waals surface area contributed by atoms with Crippen molar-refractivity contribution in [1.29, 1.82) is 0 Å². The molecule has 21 unspecified atom stereocenters. The SMILES string of the molecule is C[C@]1(O)CCC2C3C(CCCCCCl)Cc4cc(O)ccc4C3[C@@H](F)C[C@@]21C.C[C@]12C[C@H](F)C3C4CCC(=O)C=C4C=CC3C1CCC2=O.C[C@]12C[C@H](F)C3C4CCC(=O)C=C4CC(CCCCCCl)C3C1CCC2=O.C[C@]12C[C@H](F)C3c4ccc(O)cc4CC(CCCCCCl)C3C1CCC2=O.C[C@]12C[C@H](F)C3c4ccc(O)cc4CC(CCCCCCl)C3C1CCC2=O. The Bertz CT molecular complexity index is 4600. The predicted molar refractivity (Wildman–Crippen MR) is 507 cm³/mol. The van der Waals surface area contributed by atoms with Gasteiger partial charge in [0, 0.05) is 119 Å². The monoisotopic (exact) mass is 1870 g/mol. The Morgan fingerprint density at radius 1 is 0.362 bits per heavy atom. The number of ketones is 6. The van der Waals surface area contributed by atoms with Gasteiger partial charge in [-0.2, -0.15) is 0 Å². The molecule has 3 aromatic rings. The van der Waals surface area contributed by atoms with Crippen LogP contribution in [0.2, 0.25) is 0 Å². The average molecular weight is 1880 g/mol. The normalized spacial score (nSPS) is 41.6. The van der Waals surface area contributed by atoms with Crippen LogP contribution in [0.3, 0.4) is 0 Å². The molecule has 17 aliphatic carbocycles. The maximum Gasteiger partial charge on any atom is 0.155 e. The van der Waals surface area contributed by atoms with Crippen LogP contribution in [-0.4, -0.2) is 115 Å². The highest BCUT2D eigenvalue weighted by molar-refractivity contribution is 6.18. The van der Waals surface area contributed by atoms with E-state index in [1.165, 1.54) is 5.57 Å². The highest BCUT2D eigenvalue weighted by atomic mass is 35.5. The minimum absolute atomic E-state index is 0.0140. The van der Waals surface area contributed by atoms with Gasteiger partial charge in [-0.3, -0.25) is 28.8 Å². The van der Waals surface area contributed by atoms with E-state index in [9.17, 15) is 53.6 Å². The summed E-state index contributed by atoms with van der Waals surface area (Å²) in [6, 6.07) is 16.4. The van der Waals surface area contributed by atoms with Crippen molar-refractivity contribution in [1.82, 2.24) is 0 Å². The number of fused-ring (bicyclic) bond motifs is 25. The molecule has 10 nitrogen and oxygen atoms in total. The van der Waals surface area contributed by atoms with Gasteiger partial charge in [0.2, 0.25) is 0 Å². The van der Waals surface area contributed by atoms with Gasteiger partial charge in [0.25, 0.3) is 0 Å². The Balaban J connectivity index is 0.000000119. The van der Waals surface area contributed by atoms with Gasteiger partial charge in [0.1, 0.15) is 71.2 Å². The molecule has 17 aliphatic rings. The Labute approximate surface area is 791 Å². The van der Waals surface area contributed by atoms with Gasteiger partial charge in [-0.1, -0.05) is 122 Å². The number of hydrogen-bond acceptors (Lipinski definition) is 10. The summed E-state index contributed by atoms with van der Waals surface area (Å²) in [4.78, 5) is 73.7. The first kappa shape index (κ1) is 98.1. The standard InChI is InChI=1S/C24H34ClFO2.C23H32ClFO2.2C23H30ClFO2.C18H21FO2/c1-23-14-20(26)22-18-8-7-17(27)13-16(18)12-15(6-4-3-5-11-25)21(22)19(23)9-10-24(23,2)28;3*1-23-13-19(25)22-17-7-6-16(26)12-15(17)11-14(5-3-2-4-10-24)21(22)18(23)8-9-20(23)27;1-18-9-15(19)17-12-5-3-11(20)8-10(12)2-4-13(17)14(18)6-7-16(18)21/h7-8,13,15,19-22,27-28H,3-6,9-12,14H2,1-2H3;12,14,17-19,21-22H,2-11,13H2,1H3;2*6-7,12,14,18-19,21-22,26H,2-5,8-11,13H2,1H3;2,4,8,12-15,17H,3,5-7,9H2,1H3/t15?,19?,20-,21?,22?,23-,24-;14?,17?,18?,19-,21?,22?,23-;2*14?,18?,19-,21?,22?,23-;12?,13?,14?,15-,17?,18-/m00000/s1. The molecule has 0 spiro atoms. The third kappa shape index (κ3) is 18.5. The number of Topliss-reactive ketones (excluding diaryl/α,β-unsaturated/α-hetero) is 4. The summed E-state index contributed by atoms with van der Waals surface area (Å²) in [5.41, 5.74) is 5.79. The number of unbranched alkanes of at least 4 members (excludes halogenated alkanes) is 8. The molecule has 0 aliphatic heterocycles. The number of carbonyl (C=O) groups excluding carboxylic acids is 6. The highest BCUT2D eigenvalue weighted by Crippen LogP contribution is 2.70. The van der Waals surface area contributed by atoms with Crippen molar-refractivity contribution < 1.29 is 71.1 Å². The zero-order valence-corrected chi connectivity index (χ0v) is 81.1. The number of halogens is 9. The Kier molecular flexibility index (Phi) is 30.4. The Hall–Kier alpha value is -4.93. The summed E-state index contributed by atoms with van der Waals surface area (Å²) in [6.45, 7) is 12.1. The molecule has 0 radical (unpaired) electrons. The molecule has 0 saturated heterocycles. The van der Waals surface area contributed by atoms with Gasteiger partial charge in [0.15, 0.2) is 11.6 Å². The van der Waals surface area contributed by atoms with E-state index in [-0.39, 0.29) is 128 Å². The Morgan fingerprint density at radius 3 is 1.14 bits per heavy atom. The molecule has 0 heterocycles. The van der Waals surface area contributed by atoms with Crippen LogP contribution in [0.5, 0.6) is 17.2 Å². The maximum absolute atomic E-state index is 15.8. The van der Waals surface area contributed by atoms with Crippen LogP contribution in [0.15, 0.2) is 90.0 Å². The van der Waals surface area contributed by atoms with Gasteiger partial charge in [-0.15, -0.1) is 46.4 Å². The van der Waals surface area contributed by atoms with E-state index < -0.39 is 58.1 Å². The van der Waals surface area contributed by atoms with E-state index in [0.717, 1.165) is 219 Å². The number of phenolic OH excluding ortho intramolecular Hbond substituents is 3. The first-order chi connectivity index (χ1) is 62.1. The third-order valence-corrected chi connectivity index (χ3v) is 40.0. The minimum Gasteiger partial charge on any atom is -0.508 e. The molecule has 4 N–H and O–H groups in total. The molecule has 714 valence electrons. The summed E-state index contributed by atoms with van der Waals surface area (Å²) in [7, 11) is 0. The second-order valence-electron chi connectivity index (χ2n) is 45.6. The molecule has 0 bridgehead atoms. The minimum atomic E-state index is -0.979. The smallest absolute Gasteiger partial charge is 0.155 e. The van der Waals surface area contributed by atoms with Crippen molar-refractivity contribution in [3.05, 3.63) is 123 Å². The highest BCUT2D eigenvalue weighted by Gasteiger charge is 2.68. The second-order valence-corrected chi connectivity index (χ2v) is 47.1. The molecule has 19 heteroatoms. The number of alkyl halides is 9. The second kappa shape index (κ2) is 40.3. The molecular weight excluding hydrogens is 1730 g/mol. The van der Waals surface area contributed by atoms with Crippen LogP contribution in [0, 0.1) is 134 Å².